The van der Waals surface area contributed by atoms with Crippen molar-refractivity contribution in [2.45, 2.75) is 58.8 Å². The number of carbonyl (C=O) groups excluding carboxylic acids is 1. The Bertz CT molecular complexity index is 540. The van der Waals surface area contributed by atoms with E-state index in [-0.39, 0.29) is 11.8 Å². The highest BCUT2D eigenvalue weighted by atomic mass is 31.2. The van der Waals surface area contributed by atoms with Crippen molar-refractivity contribution in [3.05, 3.63) is 30.3 Å². The maximum Gasteiger partial charge on any atom is 0.326 e. The summed E-state index contributed by atoms with van der Waals surface area (Å²) in [5.41, 5.74) is -1.41. The second kappa shape index (κ2) is 7.30. The number of para-hydroxylation sites is 1. The molecule has 6 heteroatoms. The van der Waals surface area contributed by atoms with Crippen LogP contribution in [0.15, 0.2) is 30.3 Å². The molecule has 0 bridgehead atoms. The summed E-state index contributed by atoms with van der Waals surface area (Å²) in [5.74, 6) is 0.0418. The molecule has 124 valence electrons. The fourth-order valence-corrected chi connectivity index (χ4v) is 3.51. The first-order valence-corrected chi connectivity index (χ1v) is 9.11. The maximum atomic E-state index is 13.1. The van der Waals surface area contributed by atoms with Gasteiger partial charge in [0.2, 0.25) is 0 Å². The van der Waals surface area contributed by atoms with Crippen LogP contribution in [0.5, 0.6) is 5.75 Å². The van der Waals surface area contributed by atoms with Crippen molar-refractivity contribution in [2.75, 3.05) is 0 Å². The van der Waals surface area contributed by atoms with Gasteiger partial charge in [0.1, 0.15) is 11.3 Å². The zero-order chi connectivity index (χ0) is 17.0. The van der Waals surface area contributed by atoms with Gasteiger partial charge in [-0.3, -0.25) is 9.36 Å². The smallest absolute Gasteiger partial charge is 0.326 e. The van der Waals surface area contributed by atoms with E-state index in [1.807, 2.05) is 6.07 Å². The number of ether oxygens (including phenoxy) is 1. The molecule has 0 aliphatic heterocycles. The molecule has 0 radical (unpaired) electrons. The Kier molecular flexibility index (Phi) is 6.21. The summed E-state index contributed by atoms with van der Waals surface area (Å²) >= 11 is 0. The van der Waals surface area contributed by atoms with Gasteiger partial charge in [0, 0.05) is 0 Å². The molecule has 0 aliphatic carbocycles. The summed E-state index contributed by atoms with van der Waals surface area (Å²) in [4.78, 5) is 12.2. The first kappa shape index (κ1) is 18.7. The SMILES string of the molecule is CC(C)OC(=O)C(C)(C)N[P@@](=O)(Oc1ccccc1)C(C)C. The van der Waals surface area contributed by atoms with Crippen LogP contribution in [0.2, 0.25) is 0 Å². The molecule has 22 heavy (non-hydrogen) atoms. The molecule has 1 aromatic carbocycles. The third kappa shape index (κ3) is 5.15. The van der Waals surface area contributed by atoms with Gasteiger partial charge in [0.25, 0.3) is 0 Å². The lowest BCUT2D eigenvalue weighted by molar-refractivity contribution is -0.153. The summed E-state index contributed by atoms with van der Waals surface area (Å²) in [6.45, 7) is 10.4. The van der Waals surface area contributed by atoms with Crippen LogP contribution in [-0.4, -0.2) is 23.3 Å². The number of carbonyl (C=O) groups is 1. The second-order valence-corrected chi connectivity index (χ2v) is 8.92. The summed E-state index contributed by atoms with van der Waals surface area (Å²) in [6, 6.07) is 8.92. The minimum absolute atomic E-state index is 0.234. The van der Waals surface area contributed by atoms with Crippen LogP contribution in [0.1, 0.15) is 41.5 Å². The molecule has 0 fully saturated rings. The monoisotopic (exact) mass is 327 g/mol. The van der Waals surface area contributed by atoms with Crippen LogP contribution >= 0.6 is 7.52 Å². The summed E-state index contributed by atoms with van der Waals surface area (Å²) in [7, 11) is -3.28. The lowest BCUT2D eigenvalue weighted by atomic mass is 10.1. The predicted molar refractivity (Wildman–Crippen MR) is 88.3 cm³/mol. The third-order valence-electron chi connectivity index (χ3n) is 2.95. The zero-order valence-electron chi connectivity index (χ0n) is 14.1. The van der Waals surface area contributed by atoms with Crippen molar-refractivity contribution in [1.82, 2.24) is 5.09 Å². The molecule has 0 amide bonds. The molecule has 1 atom stereocenters. The first-order chi connectivity index (χ1) is 10.1. The molecule has 0 aliphatic rings. The van der Waals surface area contributed by atoms with Crippen molar-refractivity contribution in [3.63, 3.8) is 0 Å². The molecule has 0 unspecified atom stereocenters. The minimum Gasteiger partial charge on any atom is -0.462 e. The number of nitrogens with one attached hydrogen (secondary N) is 1. The summed E-state index contributed by atoms with van der Waals surface area (Å²) in [6.07, 6.45) is -0.234. The highest BCUT2D eigenvalue weighted by molar-refractivity contribution is 7.58. The highest BCUT2D eigenvalue weighted by Gasteiger charge is 2.41. The molecular formula is C16H26NO4P. The Hall–Kier alpha value is -1.32. The van der Waals surface area contributed by atoms with E-state index in [4.69, 9.17) is 9.26 Å². The fourth-order valence-electron chi connectivity index (χ4n) is 1.69. The summed E-state index contributed by atoms with van der Waals surface area (Å²) < 4.78 is 24.1. The van der Waals surface area contributed by atoms with Crippen LogP contribution < -0.4 is 9.61 Å². The van der Waals surface area contributed by atoms with Crippen LogP contribution in [-0.2, 0) is 14.1 Å². The molecule has 0 spiro atoms. The van der Waals surface area contributed by atoms with Crippen molar-refractivity contribution >= 4 is 13.5 Å². The van der Waals surface area contributed by atoms with Crippen molar-refractivity contribution in [3.8, 4) is 5.75 Å². The molecule has 5 nitrogen and oxygen atoms in total. The van der Waals surface area contributed by atoms with Crippen LogP contribution in [0.4, 0.5) is 0 Å². The van der Waals surface area contributed by atoms with Gasteiger partial charge in [-0.1, -0.05) is 32.0 Å². The van der Waals surface area contributed by atoms with Gasteiger partial charge in [-0.25, -0.2) is 5.09 Å². The van der Waals surface area contributed by atoms with Crippen LogP contribution in [0.25, 0.3) is 0 Å². The normalized spacial score (nSPS) is 14.7. The number of hydrogen-bond donors (Lipinski definition) is 1. The lowest BCUT2D eigenvalue weighted by Crippen LogP contribution is -2.48. The van der Waals surface area contributed by atoms with E-state index >= 15 is 0 Å². The van der Waals surface area contributed by atoms with E-state index in [0.29, 0.717) is 5.75 Å². The molecule has 1 aromatic rings. The van der Waals surface area contributed by atoms with Gasteiger partial charge in [-0.2, -0.15) is 0 Å². The van der Waals surface area contributed by atoms with Gasteiger partial charge >= 0.3 is 13.5 Å². The third-order valence-corrected chi connectivity index (χ3v) is 5.66. The van der Waals surface area contributed by atoms with Gasteiger partial charge < -0.3 is 9.26 Å². The molecule has 0 aromatic heterocycles. The molecule has 0 saturated heterocycles. The van der Waals surface area contributed by atoms with E-state index < -0.39 is 19.0 Å². The van der Waals surface area contributed by atoms with E-state index in [2.05, 4.69) is 5.09 Å². The maximum absolute atomic E-state index is 13.1. The number of rotatable bonds is 7. The highest BCUT2D eigenvalue weighted by Crippen LogP contribution is 2.49. The average Bonchev–Trinajstić information content (AvgIpc) is 2.38. The fraction of sp³-hybridized carbons (Fsp3) is 0.562. The van der Waals surface area contributed by atoms with E-state index in [1.165, 1.54) is 0 Å². The largest absolute Gasteiger partial charge is 0.462 e. The van der Waals surface area contributed by atoms with E-state index in [9.17, 15) is 9.36 Å². The predicted octanol–water partition coefficient (Wildman–Crippen LogP) is 3.99. The number of esters is 1. The second-order valence-electron chi connectivity index (χ2n) is 6.29. The van der Waals surface area contributed by atoms with Crippen molar-refractivity contribution in [1.29, 1.82) is 0 Å². The Morgan fingerprint density at radius 1 is 1.14 bits per heavy atom. The minimum atomic E-state index is -3.28. The van der Waals surface area contributed by atoms with Gasteiger partial charge in [-0.05, 0) is 39.8 Å². The topological polar surface area (TPSA) is 64.6 Å². The number of benzene rings is 1. The van der Waals surface area contributed by atoms with Gasteiger partial charge in [0.05, 0.1) is 11.8 Å². The summed E-state index contributed by atoms with van der Waals surface area (Å²) in [5, 5.41) is 2.88. The zero-order valence-corrected chi connectivity index (χ0v) is 15.0. The Balaban J connectivity index is 2.96. The average molecular weight is 327 g/mol. The Morgan fingerprint density at radius 2 is 1.68 bits per heavy atom. The molecule has 1 rings (SSSR count). The van der Waals surface area contributed by atoms with Crippen molar-refractivity contribution < 1.29 is 18.6 Å². The van der Waals surface area contributed by atoms with Gasteiger partial charge in [-0.15, -0.1) is 0 Å². The quantitative estimate of drug-likeness (QED) is 0.606. The Labute approximate surface area is 132 Å². The number of hydrogen-bond acceptors (Lipinski definition) is 4. The van der Waals surface area contributed by atoms with Gasteiger partial charge in [0.15, 0.2) is 0 Å². The first-order valence-electron chi connectivity index (χ1n) is 7.42. The standard InChI is InChI=1S/C16H26NO4P/c1-12(2)20-15(18)16(5,6)17-22(19,13(3)4)21-14-10-8-7-9-11-14/h7-13H,1-6H3,(H,17,19)/t22-/m0/s1. The molecule has 1 N–H and O–H groups in total. The van der Waals surface area contributed by atoms with E-state index in [0.717, 1.165) is 0 Å². The van der Waals surface area contributed by atoms with Crippen LogP contribution in [0, 0.1) is 0 Å². The van der Waals surface area contributed by atoms with Crippen molar-refractivity contribution in [2.24, 2.45) is 0 Å². The molecule has 0 heterocycles. The molecule has 0 saturated carbocycles. The lowest BCUT2D eigenvalue weighted by Gasteiger charge is -2.32. The van der Waals surface area contributed by atoms with Crippen LogP contribution in [0.3, 0.4) is 0 Å². The Morgan fingerprint density at radius 3 is 2.14 bits per heavy atom. The van der Waals surface area contributed by atoms with E-state index in [1.54, 1.807) is 65.8 Å². The molecular weight excluding hydrogens is 301 g/mol.